The zero-order chi connectivity index (χ0) is 18.4. The number of amides is 3. The average Bonchev–Trinajstić information content (AvgIpc) is 2.56. The zero-order valence-corrected chi connectivity index (χ0v) is 15.3. The highest BCUT2D eigenvalue weighted by Crippen LogP contribution is 2.23. The summed E-state index contributed by atoms with van der Waals surface area (Å²) in [6.07, 6.45) is 2.34. The predicted octanol–water partition coefficient (Wildman–Crippen LogP) is 3.30. The van der Waals surface area contributed by atoms with Gasteiger partial charge in [-0.3, -0.25) is 4.79 Å². The molecule has 1 aromatic carbocycles. The lowest BCUT2D eigenvalue weighted by molar-refractivity contribution is -0.116. The van der Waals surface area contributed by atoms with Crippen molar-refractivity contribution in [2.45, 2.75) is 46.1 Å². The Hall–Kier alpha value is -2.08. The number of likely N-dealkylation sites (tertiary alicyclic amines) is 1. The molecule has 0 bridgehead atoms. The number of rotatable bonds is 5. The molecule has 0 radical (unpaired) electrons. The van der Waals surface area contributed by atoms with Gasteiger partial charge in [-0.1, -0.05) is 13.8 Å². The van der Waals surface area contributed by atoms with Crippen molar-refractivity contribution in [2.24, 2.45) is 11.8 Å². The second-order valence-corrected chi connectivity index (χ2v) is 7.28. The van der Waals surface area contributed by atoms with E-state index >= 15 is 0 Å². The molecule has 0 unspecified atom stereocenters. The Morgan fingerprint density at radius 3 is 2.32 bits per heavy atom. The maximum Gasteiger partial charge on any atom is 0.322 e. The number of carbonyl (C=O) groups excluding carboxylic acids is 2. The van der Waals surface area contributed by atoms with Gasteiger partial charge < -0.3 is 20.6 Å². The maximum absolute atomic E-state index is 12.5. The summed E-state index contributed by atoms with van der Waals surface area (Å²) in [4.78, 5) is 26.0. The second kappa shape index (κ2) is 8.85. The van der Waals surface area contributed by atoms with Crippen LogP contribution in [0.2, 0.25) is 0 Å². The SMILES string of the molecule is CC(C)CC(=O)Nc1ccc(NC(=O)N2C[C@H](CO)CC[C@@H]2C)cc1. The summed E-state index contributed by atoms with van der Waals surface area (Å²) in [5.41, 5.74) is 1.40. The molecule has 138 valence electrons. The standard InChI is InChI=1S/C19H29N3O3/c1-13(2)10-18(24)20-16-6-8-17(9-7-16)21-19(25)22-11-15(12-23)5-4-14(22)3/h6-9,13-15,23H,4-5,10-12H2,1-3H3,(H,20,24)(H,21,25)/t14-,15+/m0/s1. The van der Waals surface area contributed by atoms with E-state index in [0.29, 0.717) is 24.6 Å². The van der Waals surface area contributed by atoms with Crippen molar-refractivity contribution in [3.63, 3.8) is 0 Å². The third-order valence-corrected chi connectivity index (χ3v) is 4.51. The zero-order valence-electron chi connectivity index (χ0n) is 15.3. The molecule has 1 saturated heterocycles. The average molecular weight is 347 g/mol. The Morgan fingerprint density at radius 2 is 1.76 bits per heavy atom. The molecule has 6 heteroatoms. The largest absolute Gasteiger partial charge is 0.396 e. The van der Waals surface area contributed by atoms with Gasteiger partial charge in [0.05, 0.1) is 0 Å². The number of urea groups is 1. The summed E-state index contributed by atoms with van der Waals surface area (Å²) in [5, 5.41) is 15.1. The number of nitrogens with one attached hydrogen (secondary N) is 2. The van der Waals surface area contributed by atoms with Crippen LogP contribution in [0.3, 0.4) is 0 Å². The van der Waals surface area contributed by atoms with Gasteiger partial charge in [-0.15, -0.1) is 0 Å². The van der Waals surface area contributed by atoms with E-state index in [1.54, 1.807) is 29.2 Å². The highest BCUT2D eigenvalue weighted by molar-refractivity contribution is 5.92. The van der Waals surface area contributed by atoms with Crippen LogP contribution in [0.15, 0.2) is 24.3 Å². The van der Waals surface area contributed by atoms with Gasteiger partial charge in [0.2, 0.25) is 5.91 Å². The maximum atomic E-state index is 12.5. The lowest BCUT2D eigenvalue weighted by Gasteiger charge is -2.37. The van der Waals surface area contributed by atoms with Gasteiger partial charge in [-0.05, 0) is 55.9 Å². The van der Waals surface area contributed by atoms with E-state index in [1.807, 2.05) is 20.8 Å². The first kappa shape index (κ1) is 19.2. The summed E-state index contributed by atoms with van der Waals surface area (Å²) < 4.78 is 0. The smallest absolute Gasteiger partial charge is 0.322 e. The predicted molar refractivity (Wildman–Crippen MR) is 99.5 cm³/mol. The van der Waals surface area contributed by atoms with E-state index in [9.17, 15) is 14.7 Å². The molecule has 0 saturated carbocycles. The van der Waals surface area contributed by atoms with Crippen molar-refractivity contribution < 1.29 is 14.7 Å². The number of hydrogen-bond acceptors (Lipinski definition) is 3. The van der Waals surface area contributed by atoms with Gasteiger partial charge in [0.15, 0.2) is 0 Å². The minimum Gasteiger partial charge on any atom is -0.396 e. The van der Waals surface area contributed by atoms with Crippen molar-refractivity contribution in [3.05, 3.63) is 24.3 Å². The number of piperidine rings is 1. The Labute approximate surface area is 149 Å². The van der Waals surface area contributed by atoms with Crippen molar-refractivity contribution in [1.82, 2.24) is 4.90 Å². The number of hydrogen-bond donors (Lipinski definition) is 3. The van der Waals surface area contributed by atoms with Gasteiger partial charge in [0.25, 0.3) is 0 Å². The molecule has 2 rings (SSSR count). The van der Waals surface area contributed by atoms with Gasteiger partial charge >= 0.3 is 6.03 Å². The minimum absolute atomic E-state index is 0.0102. The Bertz CT molecular complexity index is 586. The molecule has 2 atom stereocenters. The molecule has 0 aromatic heterocycles. The Balaban J connectivity index is 1.91. The minimum atomic E-state index is -0.151. The van der Waals surface area contributed by atoms with Gasteiger partial charge in [0.1, 0.15) is 0 Å². The molecule has 25 heavy (non-hydrogen) atoms. The highest BCUT2D eigenvalue weighted by atomic mass is 16.3. The van der Waals surface area contributed by atoms with Crippen LogP contribution >= 0.6 is 0 Å². The Kier molecular flexibility index (Phi) is 6.82. The summed E-state index contributed by atoms with van der Waals surface area (Å²) >= 11 is 0. The van der Waals surface area contributed by atoms with Crippen LogP contribution in [0.4, 0.5) is 16.2 Å². The molecule has 0 spiro atoms. The molecular formula is C19H29N3O3. The number of aliphatic hydroxyl groups excluding tert-OH is 1. The molecule has 1 aliphatic heterocycles. The van der Waals surface area contributed by atoms with Crippen LogP contribution in [0.1, 0.15) is 40.0 Å². The number of aliphatic hydroxyl groups is 1. The van der Waals surface area contributed by atoms with Crippen LogP contribution in [0.25, 0.3) is 0 Å². The first-order chi connectivity index (χ1) is 11.9. The Morgan fingerprint density at radius 1 is 1.16 bits per heavy atom. The fourth-order valence-corrected chi connectivity index (χ4v) is 3.03. The van der Waals surface area contributed by atoms with Crippen LogP contribution in [-0.2, 0) is 4.79 Å². The molecular weight excluding hydrogens is 318 g/mol. The van der Waals surface area contributed by atoms with E-state index in [0.717, 1.165) is 18.5 Å². The molecule has 1 heterocycles. The molecule has 3 amide bonds. The summed E-state index contributed by atoms with van der Waals surface area (Å²) in [6.45, 7) is 6.72. The molecule has 0 aliphatic carbocycles. The lowest BCUT2D eigenvalue weighted by atomic mass is 9.94. The van der Waals surface area contributed by atoms with E-state index < -0.39 is 0 Å². The quantitative estimate of drug-likeness (QED) is 0.764. The van der Waals surface area contributed by atoms with Crippen molar-refractivity contribution in [2.75, 3.05) is 23.8 Å². The normalized spacial score (nSPS) is 20.4. The summed E-state index contributed by atoms with van der Waals surface area (Å²) in [7, 11) is 0. The second-order valence-electron chi connectivity index (χ2n) is 7.28. The molecule has 3 N–H and O–H groups in total. The van der Waals surface area contributed by atoms with Gasteiger partial charge in [-0.25, -0.2) is 4.79 Å². The molecule has 1 aliphatic rings. The van der Waals surface area contributed by atoms with Crippen LogP contribution in [-0.4, -0.2) is 41.1 Å². The van der Waals surface area contributed by atoms with E-state index in [2.05, 4.69) is 10.6 Å². The van der Waals surface area contributed by atoms with Gasteiger partial charge in [-0.2, -0.15) is 0 Å². The number of anilines is 2. The molecule has 1 aromatic rings. The number of nitrogens with zero attached hydrogens (tertiary/aromatic N) is 1. The first-order valence-electron chi connectivity index (χ1n) is 8.97. The third-order valence-electron chi connectivity index (χ3n) is 4.51. The number of carbonyl (C=O) groups is 2. The summed E-state index contributed by atoms with van der Waals surface area (Å²) in [6, 6.07) is 7.13. The van der Waals surface area contributed by atoms with E-state index in [-0.39, 0.29) is 30.5 Å². The third kappa shape index (κ3) is 5.74. The molecule has 1 fully saturated rings. The van der Waals surface area contributed by atoms with Crippen molar-refractivity contribution >= 4 is 23.3 Å². The first-order valence-corrected chi connectivity index (χ1v) is 8.97. The number of benzene rings is 1. The topological polar surface area (TPSA) is 81.7 Å². The highest BCUT2D eigenvalue weighted by Gasteiger charge is 2.28. The van der Waals surface area contributed by atoms with Crippen LogP contribution < -0.4 is 10.6 Å². The fourth-order valence-electron chi connectivity index (χ4n) is 3.03. The fraction of sp³-hybridized carbons (Fsp3) is 0.579. The molecule has 6 nitrogen and oxygen atoms in total. The van der Waals surface area contributed by atoms with Crippen molar-refractivity contribution in [1.29, 1.82) is 0 Å². The van der Waals surface area contributed by atoms with Crippen LogP contribution in [0.5, 0.6) is 0 Å². The van der Waals surface area contributed by atoms with E-state index in [1.165, 1.54) is 0 Å². The van der Waals surface area contributed by atoms with Crippen LogP contribution in [0, 0.1) is 11.8 Å². The summed E-state index contributed by atoms with van der Waals surface area (Å²) in [5.74, 6) is 0.456. The lowest BCUT2D eigenvalue weighted by Crippen LogP contribution is -2.48. The van der Waals surface area contributed by atoms with E-state index in [4.69, 9.17) is 0 Å². The monoisotopic (exact) mass is 347 g/mol. The van der Waals surface area contributed by atoms with Gasteiger partial charge in [0, 0.05) is 37.0 Å². The van der Waals surface area contributed by atoms with Crippen molar-refractivity contribution in [3.8, 4) is 0 Å².